The fourth-order valence-electron chi connectivity index (χ4n) is 2.28. The molecule has 0 aliphatic rings. The third-order valence-corrected chi connectivity index (χ3v) is 3.72. The van der Waals surface area contributed by atoms with Crippen molar-refractivity contribution in [1.29, 1.82) is 0 Å². The van der Waals surface area contributed by atoms with Crippen molar-refractivity contribution in [3.05, 3.63) is 59.7 Å². The molecule has 2 rings (SSSR count). The van der Waals surface area contributed by atoms with Gasteiger partial charge in [-0.3, -0.25) is 4.79 Å². The van der Waals surface area contributed by atoms with Gasteiger partial charge in [-0.15, -0.1) is 0 Å². The van der Waals surface area contributed by atoms with Crippen LogP contribution in [0.25, 0.3) is 0 Å². The molecule has 0 amide bonds. The molecule has 0 unspecified atom stereocenters. The average Bonchev–Trinajstić information content (AvgIpc) is 2.53. The fourth-order valence-corrected chi connectivity index (χ4v) is 2.28. The van der Waals surface area contributed by atoms with E-state index >= 15 is 0 Å². The molecule has 0 aromatic heterocycles. The Morgan fingerprint density at radius 2 is 1.38 bits per heavy atom. The minimum Gasteiger partial charge on any atom is -0.497 e. The molecular formula is C17H18O4. The number of ether oxygens (including phenoxy) is 2. The van der Waals surface area contributed by atoms with Gasteiger partial charge in [-0.05, 0) is 42.3 Å². The van der Waals surface area contributed by atoms with Gasteiger partial charge in [0.1, 0.15) is 16.9 Å². The minimum absolute atomic E-state index is 0.628. The summed E-state index contributed by atoms with van der Waals surface area (Å²) >= 11 is 0. The Balaban J connectivity index is 2.61. The van der Waals surface area contributed by atoms with Crippen LogP contribution >= 0.6 is 0 Å². The van der Waals surface area contributed by atoms with Gasteiger partial charge in [-0.25, -0.2) is 0 Å². The molecule has 110 valence electrons. The summed E-state index contributed by atoms with van der Waals surface area (Å²) in [4.78, 5) is 11.9. The lowest BCUT2D eigenvalue weighted by Gasteiger charge is -2.26. The first kappa shape index (κ1) is 14.9. The number of carboxylic acid groups (broad SMARTS) is 1. The van der Waals surface area contributed by atoms with Gasteiger partial charge in [0.05, 0.1) is 14.2 Å². The summed E-state index contributed by atoms with van der Waals surface area (Å²) in [5.41, 5.74) is 0.133. The predicted molar refractivity (Wildman–Crippen MR) is 80.1 cm³/mol. The van der Waals surface area contributed by atoms with Gasteiger partial charge in [0.15, 0.2) is 0 Å². The first-order chi connectivity index (χ1) is 10.0. The largest absolute Gasteiger partial charge is 0.497 e. The standard InChI is InChI=1S/C17H18O4/c1-17(16(18)19,12-6-4-8-14(10-12)20-2)13-7-5-9-15(11-13)21-3/h4-11H,1-3H3,(H,18,19). The Kier molecular flexibility index (Phi) is 4.17. The smallest absolute Gasteiger partial charge is 0.318 e. The highest BCUT2D eigenvalue weighted by Gasteiger charge is 2.37. The van der Waals surface area contributed by atoms with Crippen molar-refractivity contribution in [2.75, 3.05) is 14.2 Å². The molecule has 0 saturated heterocycles. The second kappa shape index (κ2) is 5.87. The van der Waals surface area contributed by atoms with E-state index in [2.05, 4.69) is 0 Å². The Morgan fingerprint density at radius 3 is 1.71 bits per heavy atom. The van der Waals surface area contributed by atoms with Gasteiger partial charge < -0.3 is 14.6 Å². The van der Waals surface area contributed by atoms with Crippen LogP contribution in [0.3, 0.4) is 0 Å². The molecule has 0 aliphatic heterocycles. The van der Waals surface area contributed by atoms with E-state index in [1.54, 1.807) is 69.7 Å². The van der Waals surface area contributed by atoms with Crippen molar-refractivity contribution >= 4 is 5.97 Å². The third-order valence-electron chi connectivity index (χ3n) is 3.72. The molecule has 0 bridgehead atoms. The molecule has 0 atom stereocenters. The molecule has 4 heteroatoms. The molecule has 0 heterocycles. The number of aliphatic carboxylic acids is 1. The predicted octanol–water partition coefficient (Wildman–Crippen LogP) is 3.09. The Hall–Kier alpha value is -2.49. The van der Waals surface area contributed by atoms with E-state index in [0.29, 0.717) is 22.6 Å². The molecular weight excluding hydrogens is 268 g/mol. The van der Waals surface area contributed by atoms with Gasteiger partial charge in [0, 0.05) is 0 Å². The lowest BCUT2D eigenvalue weighted by molar-refractivity contribution is -0.141. The van der Waals surface area contributed by atoms with Crippen LogP contribution in [-0.2, 0) is 10.2 Å². The van der Waals surface area contributed by atoms with Crippen LogP contribution in [0.2, 0.25) is 0 Å². The first-order valence-corrected chi connectivity index (χ1v) is 6.55. The highest BCUT2D eigenvalue weighted by Crippen LogP contribution is 2.35. The second-order valence-corrected chi connectivity index (χ2v) is 4.89. The quantitative estimate of drug-likeness (QED) is 0.917. The second-order valence-electron chi connectivity index (χ2n) is 4.89. The van der Waals surface area contributed by atoms with E-state index < -0.39 is 11.4 Å². The SMILES string of the molecule is COc1cccc(C(C)(C(=O)O)c2cccc(OC)c2)c1. The average molecular weight is 286 g/mol. The molecule has 0 fully saturated rings. The van der Waals surface area contributed by atoms with Crippen LogP contribution in [0, 0.1) is 0 Å². The van der Waals surface area contributed by atoms with Crippen LogP contribution in [0.1, 0.15) is 18.1 Å². The maximum atomic E-state index is 11.9. The monoisotopic (exact) mass is 286 g/mol. The van der Waals surface area contributed by atoms with Crippen molar-refractivity contribution in [2.24, 2.45) is 0 Å². The highest BCUT2D eigenvalue weighted by atomic mass is 16.5. The molecule has 2 aromatic carbocycles. The van der Waals surface area contributed by atoms with Crippen molar-refractivity contribution in [3.8, 4) is 11.5 Å². The van der Waals surface area contributed by atoms with E-state index in [9.17, 15) is 9.90 Å². The lowest BCUT2D eigenvalue weighted by atomic mass is 9.76. The zero-order valence-corrected chi connectivity index (χ0v) is 12.3. The van der Waals surface area contributed by atoms with Crippen molar-refractivity contribution in [2.45, 2.75) is 12.3 Å². The van der Waals surface area contributed by atoms with Crippen LogP contribution in [0.15, 0.2) is 48.5 Å². The van der Waals surface area contributed by atoms with E-state index in [0.717, 1.165) is 0 Å². The summed E-state index contributed by atoms with van der Waals surface area (Å²) in [7, 11) is 3.12. The zero-order chi connectivity index (χ0) is 15.5. The van der Waals surface area contributed by atoms with Crippen LogP contribution in [0.4, 0.5) is 0 Å². The number of hydrogen-bond acceptors (Lipinski definition) is 3. The number of rotatable bonds is 5. The number of carbonyl (C=O) groups is 1. The Bertz CT molecular complexity index is 601. The maximum absolute atomic E-state index is 11.9. The van der Waals surface area contributed by atoms with Crippen LogP contribution in [0.5, 0.6) is 11.5 Å². The molecule has 0 saturated carbocycles. The van der Waals surface area contributed by atoms with E-state index in [4.69, 9.17) is 9.47 Å². The minimum atomic E-state index is -1.18. The summed E-state index contributed by atoms with van der Waals surface area (Å²) in [6.45, 7) is 1.68. The number of carboxylic acids is 1. The van der Waals surface area contributed by atoms with Crippen molar-refractivity contribution < 1.29 is 19.4 Å². The van der Waals surface area contributed by atoms with Gasteiger partial charge in [0.2, 0.25) is 0 Å². The third kappa shape index (κ3) is 2.70. The van der Waals surface area contributed by atoms with Gasteiger partial charge in [0.25, 0.3) is 0 Å². The summed E-state index contributed by atoms with van der Waals surface area (Å²) in [6, 6.07) is 14.2. The zero-order valence-electron chi connectivity index (χ0n) is 12.3. The molecule has 1 N–H and O–H groups in total. The van der Waals surface area contributed by atoms with Crippen molar-refractivity contribution in [1.82, 2.24) is 0 Å². The van der Waals surface area contributed by atoms with Crippen LogP contribution in [-0.4, -0.2) is 25.3 Å². The highest BCUT2D eigenvalue weighted by molar-refractivity contribution is 5.85. The van der Waals surface area contributed by atoms with E-state index in [1.165, 1.54) is 0 Å². The Morgan fingerprint density at radius 1 is 0.952 bits per heavy atom. The molecule has 21 heavy (non-hydrogen) atoms. The first-order valence-electron chi connectivity index (χ1n) is 6.55. The normalized spacial score (nSPS) is 11.0. The van der Waals surface area contributed by atoms with Gasteiger partial charge >= 0.3 is 5.97 Å². The Labute approximate surface area is 123 Å². The molecule has 0 spiro atoms. The number of methoxy groups -OCH3 is 2. The maximum Gasteiger partial charge on any atom is 0.318 e. The summed E-state index contributed by atoms with van der Waals surface area (Å²) < 4.78 is 10.4. The summed E-state index contributed by atoms with van der Waals surface area (Å²) in [5.74, 6) is 0.328. The number of hydrogen-bond donors (Lipinski definition) is 1. The fraction of sp³-hybridized carbons (Fsp3) is 0.235. The topological polar surface area (TPSA) is 55.8 Å². The molecule has 2 aromatic rings. The van der Waals surface area contributed by atoms with Gasteiger partial charge in [-0.2, -0.15) is 0 Å². The molecule has 4 nitrogen and oxygen atoms in total. The number of benzene rings is 2. The van der Waals surface area contributed by atoms with Crippen LogP contribution < -0.4 is 9.47 Å². The summed E-state index contributed by atoms with van der Waals surface area (Å²) in [6.07, 6.45) is 0. The molecule has 0 radical (unpaired) electrons. The lowest BCUT2D eigenvalue weighted by Crippen LogP contribution is -2.33. The van der Waals surface area contributed by atoms with Gasteiger partial charge in [-0.1, -0.05) is 24.3 Å². The summed E-state index contributed by atoms with van der Waals surface area (Å²) in [5, 5.41) is 9.78. The van der Waals surface area contributed by atoms with Crippen molar-refractivity contribution in [3.63, 3.8) is 0 Å². The molecule has 0 aliphatic carbocycles. The van der Waals surface area contributed by atoms with E-state index in [1.807, 2.05) is 0 Å². The van der Waals surface area contributed by atoms with E-state index in [-0.39, 0.29) is 0 Å².